The predicted molar refractivity (Wildman–Crippen MR) is 85.8 cm³/mol. The molecular formula is C15H22O4S2. The summed E-state index contributed by atoms with van der Waals surface area (Å²) in [4.78, 5) is 0. The Labute approximate surface area is 134 Å². The Morgan fingerprint density at radius 1 is 1.52 bits per heavy atom. The van der Waals surface area contributed by atoms with Gasteiger partial charge in [0.25, 0.3) is 6.48 Å². The number of ether oxygens (including phenoxy) is 4. The second-order valence-corrected chi connectivity index (χ2v) is 7.05. The van der Waals surface area contributed by atoms with Crippen molar-refractivity contribution in [1.29, 1.82) is 0 Å². The van der Waals surface area contributed by atoms with Crippen LogP contribution < -0.4 is 0 Å². The number of fused-ring (bicyclic) bond motifs is 1. The van der Waals surface area contributed by atoms with Crippen LogP contribution in [-0.4, -0.2) is 38.7 Å². The normalized spacial score (nSPS) is 22.8. The van der Waals surface area contributed by atoms with Crippen molar-refractivity contribution in [3.63, 3.8) is 0 Å². The van der Waals surface area contributed by atoms with Crippen molar-refractivity contribution in [3.8, 4) is 0 Å². The van der Waals surface area contributed by atoms with Crippen molar-refractivity contribution in [2.24, 2.45) is 0 Å². The fraction of sp³-hybridized carbons (Fsp3) is 0.600. The Morgan fingerprint density at radius 3 is 3.10 bits per heavy atom. The monoisotopic (exact) mass is 330 g/mol. The smallest absolute Gasteiger partial charge is 0.271 e. The first-order valence-corrected chi connectivity index (χ1v) is 8.77. The first-order valence-electron chi connectivity index (χ1n) is 7.01. The van der Waals surface area contributed by atoms with Crippen LogP contribution in [-0.2, 0) is 18.9 Å². The molecule has 0 saturated carbocycles. The van der Waals surface area contributed by atoms with Crippen molar-refractivity contribution >= 4 is 23.1 Å². The topological polar surface area (TPSA) is 36.9 Å². The van der Waals surface area contributed by atoms with Gasteiger partial charge in [0.1, 0.15) is 0 Å². The largest absolute Gasteiger partial charge is 0.376 e. The maximum Gasteiger partial charge on any atom is 0.271 e. The summed E-state index contributed by atoms with van der Waals surface area (Å²) in [5.41, 5.74) is 1.23. The van der Waals surface area contributed by atoms with E-state index in [4.69, 9.17) is 18.9 Å². The van der Waals surface area contributed by atoms with Gasteiger partial charge in [0.2, 0.25) is 0 Å². The van der Waals surface area contributed by atoms with E-state index in [1.807, 2.05) is 18.7 Å². The van der Waals surface area contributed by atoms with Crippen molar-refractivity contribution in [3.05, 3.63) is 29.7 Å². The molecule has 2 rings (SSSR count). The molecule has 0 fully saturated rings. The standard InChI is InChI=1S/C15H22O4S2/c1-4-7-17-10-11-9-13(19-15(16-3)18-5-2)12-6-8-20-14(12)21-11/h4,6,8,11,13,15H,1,5,7,9-10H2,2-3H3. The minimum atomic E-state index is -0.620. The highest BCUT2D eigenvalue weighted by molar-refractivity contribution is 8.01. The summed E-state index contributed by atoms with van der Waals surface area (Å²) in [5, 5.41) is 2.48. The van der Waals surface area contributed by atoms with Gasteiger partial charge in [-0.3, -0.25) is 0 Å². The van der Waals surface area contributed by atoms with E-state index in [-0.39, 0.29) is 6.10 Å². The third-order valence-electron chi connectivity index (χ3n) is 3.07. The molecule has 0 aromatic carbocycles. The number of rotatable bonds is 9. The highest BCUT2D eigenvalue weighted by Crippen LogP contribution is 2.45. The lowest BCUT2D eigenvalue weighted by Gasteiger charge is -2.30. The average molecular weight is 330 g/mol. The molecule has 6 heteroatoms. The zero-order valence-electron chi connectivity index (χ0n) is 12.4. The lowest BCUT2D eigenvalue weighted by Crippen LogP contribution is -2.27. The van der Waals surface area contributed by atoms with E-state index in [9.17, 15) is 0 Å². The Kier molecular flexibility index (Phi) is 7.22. The second kappa shape index (κ2) is 8.92. The Bertz CT molecular complexity index is 435. The summed E-state index contributed by atoms with van der Waals surface area (Å²) < 4.78 is 23.5. The Morgan fingerprint density at radius 2 is 2.38 bits per heavy atom. The average Bonchev–Trinajstić information content (AvgIpc) is 2.95. The van der Waals surface area contributed by atoms with E-state index in [0.29, 0.717) is 25.1 Å². The molecule has 0 amide bonds. The van der Waals surface area contributed by atoms with E-state index < -0.39 is 6.48 Å². The van der Waals surface area contributed by atoms with Crippen LogP contribution in [0.15, 0.2) is 28.3 Å². The van der Waals surface area contributed by atoms with Gasteiger partial charge >= 0.3 is 0 Å². The first-order chi connectivity index (χ1) is 10.3. The molecule has 3 atom stereocenters. The molecular weight excluding hydrogens is 308 g/mol. The predicted octanol–water partition coefficient (Wildman–Crippen LogP) is 3.84. The fourth-order valence-electron chi connectivity index (χ4n) is 2.15. The van der Waals surface area contributed by atoms with Gasteiger partial charge in [0.05, 0.1) is 23.5 Å². The molecule has 1 aliphatic heterocycles. The van der Waals surface area contributed by atoms with Crippen molar-refractivity contribution in [2.75, 3.05) is 26.9 Å². The van der Waals surface area contributed by atoms with E-state index in [0.717, 1.165) is 6.42 Å². The molecule has 0 saturated heterocycles. The number of thiophene rings is 1. The van der Waals surface area contributed by atoms with Crippen LogP contribution in [0, 0.1) is 0 Å². The SMILES string of the molecule is C=CCOCC1CC(OC(OC)OCC)c2ccsc2S1. The molecule has 21 heavy (non-hydrogen) atoms. The molecule has 0 N–H and O–H groups in total. The highest BCUT2D eigenvalue weighted by Gasteiger charge is 2.31. The summed E-state index contributed by atoms with van der Waals surface area (Å²) in [6.45, 7) is 6.81. The summed E-state index contributed by atoms with van der Waals surface area (Å²) >= 11 is 3.61. The zero-order chi connectivity index (χ0) is 15.1. The molecule has 2 heterocycles. The minimum absolute atomic E-state index is 0.0127. The summed E-state index contributed by atoms with van der Waals surface area (Å²) in [6, 6.07) is 2.12. The molecule has 118 valence electrons. The van der Waals surface area contributed by atoms with Gasteiger partial charge in [0.15, 0.2) is 0 Å². The molecule has 0 spiro atoms. The highest BCUT2D eigenvalue weighted by atomic mass is 32.2. The van der Waals surface area contributed by atoms with E-state index >= 15 is 0 Å². The third-order valence-corrected chi connectivity index (χ3v) is 5.48. The van der Waals surface area contributed by atoms with Crippen molar-refractivity contribution in [2.45, 2.75) is 35.4 Å². The van der Waals surface area contributed by atoms with Gasteiger partial charge in [-0.2, -0.15) is 0 Å². The molecule has 1 aliphatic rings. The van der Waals surface area contributed by atoms with E-state index in [1.54, 1.807) is 24.5 Å². The quantitative estimate of drug-likeness (QED) is 0.391. The Hall–Kier alpha value is -0.370. The molecule has 0 aliphatic carbocycles. The maximum absolute atomic E-state index is 5.98. The summed E-state index contributed by atoms with van der Waals surface area (Å²) in [7, 11) is 1.59. The van der Waals surface area contributed by atoms with Gasteiger partial charge in [-0.25, -0.2) is 0 Å². The number of hydrogen-bond donors (Lipinski definition) is 0. The first kappa shape index (κ1) is 17.0. The van der Waals surface area contributed by atoms with Crippen LogP contribution in [0.3, 0.4) is 0 Å². The number of thioether (sulfide) groups is 1. The zero-order valence-corrected chi connectivity index (χ0v) is 14.1. The van der Waals surface area contributed by atoms with E-state index in [1.165, 1.54) is 9.77 Å². The lowest BCUT2D eigenvalue weighted by atomic mass is 10.1. The maximum atomic E-state index is 5.98. The lowest BCUT2D eigenvalue weighted by molar-refractivity contribution is -0.295. The molecule has 1 aromatic heterocycles. The third kappa shape index (κ3) is 4.81. The summed E-state index contributed by atoms with van der Waals surface area (Å²) in [6.07, 6.45) is 2.65. The van der Waals surface area contributed by atoms with Crippen molar-refractivity contribution < 1.29 is 18.9 Å². The molecule has 1 aromatic rings. The summed E-state index contributed by atoms with van der Waals surface area (Å²) in [5.74, 6) is 0. The van der Waals surface area contributed by atoms with Crippen LogP contribution in [0.4, 0.5) is 0 Å². The van der Waals surface area contributed by atoms with Crippen molar-refractivity contribution in [1.82, 2.24) is 0 Å². The van der Waals surface area contributed by atoms with Gasteiger partial charge < -0.3 is 18.9 Å². The van der Waals surface area contributed by atoms with Crippen LogP contribution >= 0.6 is 23.1 Å². The van der Waals surface area contributed by atoms with Crippen LogP contribution in [0.5, 0.6) is 0 Å². The number of hydrogen-bond acceptors (Lipinski definition) is 6. The molecule has 0 bridgehead atoms. The number of methoxy groups -OCH3 is 1. The minimum Gasteiger partial charge on any atom is -0.376 e. The molecule has 3 unspecified atom stereocenters. The second-order valence-electron chi connectivity index (χ2n) is 4.57. The molecule has 0 radical (unpaired) electrons. The fourth-order valence-corrected chi connectivity index (χ4v) is 4.70. The molecule has 4 nitrogen and oxygen atoms in total. The van der Waals surface area contributed by atoms with Gasteiger partial charge in [-0.1, -0.05) is 6.08 Å². The van der Waals surface area contributed by atoms with Crippen LogP contribution in [0.2, 0.25) is 0 Å². The Balaban J connectivity index is 2.00. The van der Waals surface area contributed by atoms with E-state index in [2.05, 4.69) is 18.0 Å². The van der Waals surface area contributed by atoms with Gasteiger partial charge in [-0.15, -0.1) is 29.7 Å². The van der Waals surface area contributed by atoms with Crippen LogP contribution in [0.25, 0.3) is 0 Å². The van der Waals surface area contributed by atoms with Gasteiger partial charge in [-0.05, 0) is 24.8 Å². The van der Waals surface area contributed by atoms with Gasteiger partial charge in [0, 0.05) is 24.5 Å². The van der Waals surface area contributed by atoms with Crippen LogP contribution in [0.1, 0.15) is 25.0 Å².